The number of amides is 1. The van der Waals surface area contributed by atoms with Gasteiger partial charge in [-0.25, -0.2) is 0 Å². The van der Waals surface area contributed by atoms with E-state index < -0.39 is 28.8 Å². The third-order valence-corrected chi connectivity index (χ3v) is 4.84. The second-order valence-corrected chi connectivity index (χ2v) is 6.70. The molecule has 1 amide bonds. The molecule has 1 unspecified atom stereocenters. The van der Waals surface area contributed by atoms with E-state index in [1.54, 1.807) is 0 Å². The van der Waals surface area contributed by atoms with Gasteiger partial charge in [-0.3, -0.25) is 14.5 Å². The Balaban J connectivity index is 1.80. The number of halogens is 3. The topological polar surface area (TPSA) is 56.4 Å². The lowest BCUT2D eigenvalue weighted by atomic mass is 10.0. The van der Waals surface area contributed by atoms with Crippen LogP contribution < -0.4 is 5.56 Å². The van der Waals surface area contributed by atoms with E-state index in [1.165, 1.54) is 4.90 Å². The lowest BCUT2D eigenvalue weighted by Crippen LogP contribution is -2.54. The fraction of sp³-hybridized carbons (Fsp3) is 0.368. The molecule has 0 spiro atoms. The lowest BCUT2D eigenvalue weighted by molar-refractivity contribution is -0.137. The second kappa shape index (κ2) is 7.56. The van der Waals surface area contributed by atoms with Crippen molar-refractivity contribution in [2.75, 3.05) is 26.7 Å². The zero-order valence-corrected chi connectivity index (χ0v) is 14.8. The predicted molar refractivity (Wildman–Crippen MR) is 94.5 cm³/mol. The average molecular weight is 379 g/mol. The molecule has 1 aromatic heterocycles. The van der Waals surface area contributed by atoms with Crippen molar-refractivity contribution >= 4 is 5.91 Å². The molecule has 0 bridgehead atoms. The third-order valence-electron chi connectivity index (χ3n) is 4.84. The highest BCUT2D eigenvalue weighted by Crippen LogP contribution is 2.28. The number of rotatable bonds is 3. The van der Waals surface area contributed by atoms with Crippen molar-refractivity contribution in [2.24, 2.45) is 0 Å². The quantitative estimate of drug-likeness (QED) is 0.891. The fourth-order valence-electron chi connectivity index (χ4n) is 3.21. The Morgan fingerprint density at radius 1 is 1.22 bits per heavy atom. The van der Waals surface area contributed by atoms with Gasteiger partial charge in [0.05, 0.1) is 5.56 Å². The van der Waals surface area contributed by atoms with Crippen LogP contribution in [0.2, 0.25) is 0 Å². The highest BCUT2D eigenvalue weighted by molar-refractivity contribution is 5.94. The first-order valence-corrected chi connectivity index (χ1v) is 8.59. The molecule has 0 saturated carbocycles. The molecule has 2 aromatic rings. The molecule has 5 nitrogen and oxygen atoms in total. The van der Waals surface area contributed by atoms with Crippen molar-refractivity contribution in [2.45, 2.75) is 18.6 Å². The predicted octanol–water partition coefficient (Wildman–Crippen LogP) is 2.39. The van der Waals surface area contributed by atoms with E-state index in [9.17, 15) is 22.8 Å². The van der Waals surface area contributed by atoms with Gasteiger partial charge in [-0.05, 0) is 25.1 Å². The summed E-state index contributed by atoms with van der Waals surface area (Å²) in [5, 5.41) is 0. The molecule has 1 aliphatic rings. The fourth-order valence-corrected chi connectivity index (χ4v) is 3.21. The van der Waals surface area contributed by atoms with Crippen LogP contribution in [0.15, 0.2) is 47.4 Å². The van der Waals surface area contributed by atoms with Gasteiger partial charge in [0, 0.05) is 31.9 Å². The summed E-state index contributed by atoms with van der Waals surface area (Å²) in [6.45, 7) is 1.29. The number of likely N-dealkylation sites (N-methyl/N-ethyl adjacent to an activating group) is 1. The third kappa shape index (κ3) is 4.39. The Bertz CT molecular complexity index is 864. The number of nitrogens with one attached hydrogen (secondary N) is 1. The van der Waals surface area contributed by atoms with Crippen LogP contribution in [0.25, 0.3) is 0 Å². The van der Waals surface area contributed by atoms with Gasteiger partial charge in [-0.15, -0.1) is 0 Å². The van der Waals surface area contributed by atoms with Gasteiger partial charge >= 0.3 is 6.18 Å². The van der Waals surface area contributed by atoms with Gasteiger partial charge < -0.3 is 9.88 Å². The average Bonchev–Trinajstić information content (AvgIpc) is 2.63. The first-order chi connectivity index (χ1) is 12.8. The van der Waals surface area contributed by atoms with E-state index >= 15 is 0 Å². The van der Waals surface area contributed by atoms with Gasteiger partial charge in [0.2, 0.25) is 0 Å². The number of hydrogen-bond acceptors (Lipinski definition) is 3. The summed E-state index contributed by atoms with van der Waals surface area (Å²) >= 11 is 0. The van der Waals surface area contributed by atoms with Crippen molar-refractivity contribution in [1.29, 1.82) is 0 Å². The minimum absolute atomic E-state index is 0.0231. The molecular weight excluding hydrogens is 359 g/mol. The van der Waals surface area contributed by atoms with Crippen LogP contribution in [0.3, 0.4) is 0 Å². The van der Waals surface area contributed by atoms with Crippen LogP contribution in [-0.2, 0) is 12.6 Å². The molecule has 1 saturated heterocycles. The number of piperazine rings is 1. The van der Waals surface area contributed by atoms with Crippen molar-refractivity contribution < 1.29 is 18.0 Å². The summed E-state index contributed by atoms with van der Waals surface area (Å²) in [5.74, 6) is -0.673. The van der Waals surface area contributed by atoms with Gasteiger partial charge in [-0.2, -0.15) is 13.2 Å². The maximum Gasteiger partial charge on any atom is 0.417 e. The number of carbonyl (C=O) groups excluding carboxylic acids is 1. The summed E-state index contributed by atoms with van der Waals surface area (Å²) < 4.78 is 38.7. The maximum absolute atomic E-state index is 12.9. The number of aromatic amines is 1. The van der Waals surface area contributed by atoms with E-state index in [2.05, 4.69) is 4.90 Å². The van der Waals surface area contributed by atoms with Crippen molar-refractivity contribution in [1.82, 2.24) is 14.8 Å². The SMILES string of the molecule is CN1CCN(C(=O)c2cc(C(F)(F)F)c[nH]c2=O)CC1Cc1ccccc1. The molecule has 3 rings (SSSR count). The number of H-pyrrole nitrogens is 1. The Hall–Kier alpha value is -2.61. The number of alkyl halides is 3. The summed E-state index contributed by atoms with van der Waals surface area (Å²) in [6, 6.07) is 10.4. The molecule has 1 aliphatic heterocycles. The van der Waals surface area contributed by atoms with Crippen molar-refractivity contribution in [3.63, 3.8) is 0 Å². The Morgan fingerprint density at radius 3 is 2.59 bits per heavy atom. The number of aromatic nitrogens is 1. The number of hydrogen-bond donors (Lipinski definition) is 1. The number of pyridine rings is 1. The van der Waals surface area contributed by atoms with E-state index in [4.69, 9.17) is 0 Å². The smallest absolute Gasteiger partial charge is 0.336 e. The minimum Gasteiger partial charge on any atom is -0.336 e. The standard InChI is InChI=1S/C19H20F3N3O2/c1-24-7-8-25(12-15(24)9-13-5-3-2-4-6-13)18(27)16-10-14(19(20,21)22)11-23-17(16)26/h2-6,10-11,15H,7-9,12H2,1H3,(H,23,26). The van der Waals surface area contributed by atoms with E-state index in [1.807, 2.05) is 42.4 Å². The zero-order chi connectivity index (χ0) is 19.6. The molecule has 2 heterocycles. The molecular formula is C19H20F3N3O2. The van der Waals surface area contributed by atoms with Crippen LogP contribution in [0.1, 0.15) is 21.5 Å². The molecule has 1 aromatic carbocycles. The van der Waals surface area contributed by atoms with Crippen molar-refractivity contribution in [3.05, 3.63) is 69.6 Å². The van der Waals surface area contributed by atoms with Gasteiger partial charge in [-0.1, -0.05) is 30.3 Å². The van der Waals surface area contributed by atoms with Crippen LogP contribution in [0.5, 0.6) is 0 Å². The Labute approximate surface area is 154 Å². The summed E-state index contributed by atoms with van der Waals surface area (Å²) in [7, 11) is 1.95. The van der Waals surface area contributed by atoms with Crippen LogP contribution in [0.4, 0.5) is 13.2 Å². The van der Waals surface area contributed by atoms with Crippen LogP contribution in [0, 0.1) is 0 Å². The minimum atomic E-state index is -4.63. The monoisotopic (exact) mass is 379 g/mol. The largest absolute Gasteiger partial charge is 0.417 e. The van der Waals surface area contributed by atoms with Crippen LogP contribution >= 0.6 is 0 Å². The first kappa shape index (κ1) is 19.2. The normalized spacial score (nSPS) is 18.5. The Morgan fingerprint density at radius 2 is 1.93 bits per heavy atom. The molecule has 1 fully saturated rings. The molecule has 0 radical (unpaired) electrons. The molecule has 1 N–H and O–H groups in total. The van der Waals surface area contributed by atoms with Crippen molar-refractivity contribution in [3.8, 4) is 0 Å². The lowest BCUT2D eigenvalue weighted by Gasteiger charge is -2.39. The van der Waals surface area contributed by atoms with Crippen LogP contribution in [-0.4, -0.2) is 53.4 Å². The molecule has 1 atom stereocenters. The summed E-state index contributed by atoms with van der Waals surface area (Å²) in [5.41, 5.74) is -1.22. The highest BCUT2D eigenvalue weighted by atomic mass is 19.4. The zero-order valence-electron chi connectivity index (χ0n) is 14.8. The summed E-state index contributed by atoms with van der Waals surface area (Å²) in [4.78, 5) is 30.3. The Kier molecular flexibility index (Phi) is 5.36. The number of benzene rings is 1. The first-order valence-electron chi connectivity index (χ1n) is 8.59. The molecule has 8 heteroatoms. The molecule has 0 aliphatic carbocycles. The van der Waals surface area contributed by atoms with E-state index in [0.29, 0.717) is 38.3 Å². The highest BCUT2D eigenvalue weighted by Gasteiger charge is 2.34. The van der Waals surface area contributed by atoms with Gasteiger partial charge in [0.1, 0.15) is 5.56 Å². The van der Waals surface area contributed by atoms with E-state index in [-0.39, 0.29) is 6.04 Å². The van der Waals surface area contributed by atoms with Gasteiger partial charge in [0.25, 0.3) is 11.5 Å². The maximum atomic E-state index is 12.9. The second-order valence-electron chi connectivity index (χ2n) is 6.70. The summed E-state index contributed by atoms with van der Waals surface area (Å²) in [6.07, 6.45) is -3.33. The molecule has 27 heavy (non-hydrogen) atoms. The van der Waals surface area contributed by atoms with E-state index in [0.717, 1.165) is 5.56 Å². The number of nitrogens with zero attached hydrogens (tertiary/aromatic N) is 2. The van der Waals surface area contributed by atoms with Gasteiger partial charge in [0.15, 0.2) is 0 Å². The molecule has 144 valence electrons. The number of carbonyl (C=O) groups is 1.